The maximum absolute atomic E-state index is 13.6. The van der Waals surface area contributed by atoms with Crippen molar-refractivity contribution in [3.8, 4) is 0 Å². The van der Waals surface area contributed by atoms with Crippen molar-refractivity contribution in [2.24, 2.45) is 47.3 Å². The van der Waals surface area contributed by atoms with Gasteiger partial charge in [-0.15, -0.1) is 0 Å². The van der Waals surface area contributed by atoms with Gasteiger partial charge in [0.25, 0.3) is 5.91 Å². The van der Waals surface area contributed by atoms with Gasteiger partial charge in [-0.2, -0.15) is 0 Å². The van der Waals surface area contributed by atoms with E-state index in [2.05, 4.69) is 193 Å². The predicted octanol–water partition coefficient (Wildman–Crippen LogP) is 23.8. The summed E-state index contributed by atoms with van der Waals surface area (Å²) in [5.41, 5.74) is 22.7. The Balaban J connectivity index is 0.000000153. The Bertz CT molecular complexity index is 5150. The lowest BCUT2D eigenvalue weighted by molar-refractivity contribution is -0.142. The second-order valence-electron chi connectivity index (χ2n) is 46.1. The fourth-order valence-electron chi connectivity index (χ4n) is 22.7. The molecule has 20 nitrogen and oxygen atoms in total. The van der Waals surface area contributed by atoms with Gasteiger partial charge >= 0.3 is 24.4 Å². The number of carbonyl (C=O) groups is 8. The van der Waals surface area contributed by atoms with Crippen LogP contribution in [0, 0.1) is 47.3 Å². The lowest BCUT2D eigenvalue weighted by Crippen LogP contribution is -2.51. The monoisotopic (exact) mass is 1850 g/mol. The first kappa shape index (κ1) is 102. The van der Waals surface area contributed by atoms with Gasteiger partial charge in [0.15, 0.2) is 0 Å². The summed E-state index contributed by atoms with van der Waals surface area (Å²) in [4.78, 5) is 111. The van der Waals surface area contributed by atoms with Crippen molar-refractivity contribution in [3.05, 3.63) is 199 Å². The average Bonchev–Trinajstić information content (AvgIpc) is 1.70. The van der Waals surface area contributed by atoms with Crippen LogP contribution in [0.25, 0.3) is 22.3 Å². The third kappa shape index (κ3) is 27.5. The fourth-order valence-corrected chi connectivity index (χ4v) is 22.7. The van der Waals surface area contributed by atoms with Crippen molar-refractivity contribution in [2.45, 2.75) is 364 Å². The first-order valence-corrected chi connectivity index (χ1v) is 51.4. The standard InChI is InChI=1S/C30H44N2O3.C29H36N2O3.C29H42N2O3.C27H38N2O3/c1-20(2)18-27-26-19-22-8-6-7-9-24(22)25(26)16-17-32(27)28(33)15-12-21-10-13-23(14-11-21)31-29(34)35-30(3,4)5;1-19(2)16-26-25-17-22-8-6-7-9-23(22)24(25)14-15-31(26)27(32)21-12-10-20(11-13-21)18-30-28(33)34-29(3,4)5;1-19(2)16-26-25-18-21-8-6-7-9-23(21)24(25)14-15-31(26)27(32)17-20-10-12-22(13-11-20)30-28(33)34-29(3,4)5;1-17(2)12-24-23-15-19-8-6-7-9-21(19)22(23)10-11-29(24)25(30)20-13-18(14-20)16-28-26(31)32-27(3,4)5/h6-9,20-21,23,27H,10-19H2,1-5H3,(H,31,34);6-13,19,26H,14-18H2,1-5H3,(H,30,33);6-9,19-20,22,26H,10-18H2,1-5H3,(H,30,33);6-9,17-18,20,24H,10-16H2,1-5H3,(H,28,31). The maximum atomic E-state index is 13.6. The molecule has 0 spiro atoms. The lowest BCUT2D eigenvalue weighted by atomic mass is 9.73. The van der Waals surface area contributed by atoms with Crippen molar-refractivity contribution in [1.82, 2.24) is 40.9 Å². The van der Waals surface area contributed by atoms with Crippen LogP contribution in [0.5, 0.6) is 0 Å². The number of hydrogen-bond donors (Lipinski definition) is 4. The zero-order valence-corrected chi connectivity index (χ0v) is 85.2. The van der Waals surface area contributed by atoms with Crippen LogP contribution in [0.2, 0.25) is 0 Å². The number of rotatable bonds is 21. The van der Waals surface area contributed by atoms with Crippen molar-refractivity contribution < 1.29 is 57.3 Å². The number of hydrogen-bond acceptors (Lipinski definition) is 12. The molecule has 16 rings (SSSR count). The molecule has 4 atom stereocenters. The second-order valence-corrected chi connectivity index (χ2v) is 46.1. The molecular formula is C115H160N8O12. The summed E-state index contributed by atoms with van der Waals surface area (Å²) in [6, 6.07) is 43.7. The molecule has 20 heteroatoms. The highest BCUT2D eigenvalue weighted by atomic mass is 16.6. The Morgan fingerprint density at radius 3 is 1.07 bits per heavy atom. The van der Waals surface area contributed by atoms with E-state index in [0.29, 0.717) is 90.6 Å². The van der Waals surface area contributed by atoms with Gasteiger partial charge in [-0.1, -0.05) is 165 Å². The van der Waals surface area contributed by atoms with E-state index in [1.807, 2.05) is 107 Å². The molecule has 4 unspecified atom stereocenters. The number of fused-ring (bicyclic) bond motifs is 8. The molecule has 7 aliphatic carbocycles. The minimum absolute atomic E-state index is 0.0832. The quantitative estimate of drug-likeness (QED) is 0.0502. The number of ether oxygens (including phenoxy) is 4. The maximum Gasteiger partial charge on any atom is 0.407 e. The Hall–Kier alpha value is -9.98. The van der Waals surface area contributed by atoms with E-state index in [1.54, 1.807) is 0 Å². The second kappa shape index (κ2) is 44.7. The molecule has 4 heterocycles. The summed E-state index contributed by atoms with van der Waals surface area (Å²) in [6.45, 7) is 44.6. The molecule has 0 bridgehead atoms. The van der Waals surface area contributed by atoms with E-state index in [0.717, 1.165) is 179 Å². The first-order valence-electron chi connectivity index (χ1n) is 51.4. The number of amides is 8. The summed E-state index contributed by atoms with van der Waals surface area (Å²) in [6.07, 6.45) is 22.1. The smallest absolute Gasteiger partial charge is 0.407 e. The van der Waals surface area contributed by atoms with Crippen molar-refractivity contribution in [3.63, 3.8) is 0 Å². The molecule has 0 saturated heterocycles. The molecule has 5 aromatic carbocycles. The normalized spacial score (nSPS) is 22.8. The van der Waals surface area contributed by atoms with E-state index in [1.165, 1.54) is 89.1 Å². The molecule has 3 fully saturated rings. The summed E-state index contributed by atoms with van der Waals surface area (Å²) < 4.78 is 21.4. The molecule has 4 N–H and O–H groups in total. The molecule has 732 valence electrons. The van der Waals surface area contributed by atoms with Crippen LogP contribution in [0.3, 0.4) is 0 Å². The largest absolute Gasteiger partial charge is 0.444 e. The SMILES string of the molecule is CC(C)CC1C2=C(CCN1C(=O)C1CC(CNC(=O)OC(C)(C)C)C1)c1ccccc1C2.CC(C)CC1C2=C(CCN1C(=O)CC1CCC(NC(=O)OC(C)(C)C)CC1)c1ccccc1C2.CC(C)CC1C2=C(CCN1C(=O)CCC1CCC(NC(=O)OC(C)(C)C)CC1)c1ccccc1C2.CC(C)CC1C2=C(CCN1C(=O)c1ccc(CNC(=O)OC(C)(C)C)cc1)c1ccccc1C2. The zero-order valence-electron chi connectivity index (χ0n) is 85.2. The van der Waals surface area contributed by atoms with Gasteiger partial charge < -0.3 is 59.8 Å². The highest BCUT2D eigenvalue weighted by Crippen LogP contribution is 2.49. The van der Waals surface area contributed by atoms with E-state index in [4.69, 9.17) is 18.9 Å². The molecule has 11 aliphatic rings. The average molecular weight is 1850 g/mol. The molecule has 0 aromatic heterocycles. The van der Waals surface area contributed by atoms with Gasteiger partial charge in [0.2, 0.25) is 17.7 Å². The molecular weight excluding hydrogens is 1690 g/mol. The Morgan fingerprint density at radius 1 is 0.363 bits per heavy atom. The van der Waals surface area contributed by atoms with Gasteiger partial charge in [-0.25, -0.2) is 19.2 Å². The number of nitrogens with one attached hydrogen (secondary N) is 4. The summed E-state index contributed by atoms with van der Waals surface area (Å²) >= 11 is 0. The summed E-state index contributed by atoms with van der Waals surface area (Å²) in [7, 11) is 0. The molecule has 135 heavy (non-hydrogen) atoms. The predicted molar refractivity (Wildman–Crippen MR) is 540 cm³/mol. The van der Waals surface area contributed by atoms with Crippen LogP contribution in [0.4, 0.5) is 19.2 Å². The third-order valence-corrected chi connectivity index (χ3v) is 28.9. The van der Waals surface area contributed by atoms with Crippen LogP contribution >= 0.6 is 0 Å². The van der Waals surface area contributed by atoms with E-state index in [-0.39, 0.29) is 66.4 Å². The summed E-state index contributed by atoms with van der Waals surface area (Å²) in [5.74, 6) is 4.58. The molecule has 8 amide bonds. The minimum Gasteiger partial charge on any atom is -0.444 e. The molecule has 5 aromatic rings. The highest BCUT2D eigenvalue weighted by Gasteiger charge is 2.46. The Labute approximate surface area is 807 Å². The molecule has 0 radical (unpaired) electrons. The van der Waals surface area contributed by atoms with Crippen LogP contribution in [0.15, 0.2) is 144 Å². The number of alkyl carbamates (subject to hydrolysis) is 4. The molecule has 3 saturated carbocycles. The summed E-state index contributed by atoms with van der Waals surface area (Å²) in [5, 5.41) is 11.7. The minimum atomic E-state index is -0.530. The fraction of sp³-hybridized carbons (Fsp3) is 0.600. The van der Waals surface area contributed by atoms with Gasteiger partial charge in [-0.05, 0) is 379 Å². The van der Waals surface area contributed by atoms with Crippen molar-refractivity contribution >= 4 is 70.3 Å². The van der Waals surface area contributed by atoms with Crippen LogP contribution < -0.4 is 21.3 Å². The van der Waals surface area contributed by atoms with Crippen molar-refractivity contribution in [1.29, 1.82) is 0 Å². The first-order chi connectivity index (χ1) is 63.9. The van der Waals surface area contributed by atoms with Crippen molar-refractivity contribution in [2.75, 3.05) is 32.7 Å². The van der Waals surface area contributed by atoms with E-state index >= 15 is 0 Å². The Morgan fingerprint density at radius 2 is 0.689 bits per heavy atom. The van der Waals surface area contributed by atoms with Crippen LogP contribution in [0.1, 0.15) is 334 Å². The lowest BCUT2D eigenvalue weighted by Gasteiger charge is -2.43. The van der Waals surface area contributed by atoms with Crippen LogP contribution in [-0.4, -0.2) is 159 Å². The number of benzene rings is 5. The third-order valence-electron chi connectivity index (χ3n) is 28.9. The van der Waals surface area contributed by atoms with E-state index < -0.39 is 28.5 Å². The van der Waals surface area contributed by atoms with Gasteiger partial charge in [0, 0.05) is 75.7 Å². The van der Waals surface area contributed by atoms with Crippen LogP contribution in [-0.2, 0) is 65.6 Å². The van der Waals surface area contributed by atoms with Gasteiger partial charge in [0.1, 0.15) is 22.4 Å². The van der Waals surface area contributed by atoms with Gasteiger partial charge in [-0.3, -0.25) is 19.2 Å². The topological polar surface area (TPSA) is 235 Å². The number of nitrogens with zero attached hydrogens (tertiary/aromatic N) is 4. The van der Waals surface area contributed by atoms with Gasteiger partial charge in [0.05, 0.1) is 24.2 Å². The molecule has 4 aliphatic heterocycles. The highest BCUT2D eigenvalue weighted by molar-refractivity contribution is 5.96. The number of carbonyl (C=O) groups excluding carboxylic acids is 8. The van der Waals surface area contributed by atoms with E-state index in [9.17, 15) is 38.4 Å². The Kier molecular flexibility index (Phi) is 33.9. The zero-order chi connectivity index (χ0) is 97.1.